The van der Waals surface area contributed by atoms with Crippen molar-refractivity contribution in [2.45, 2.75) is 26.1 Å². The number of pyridine rings is 1. The Kier molecular flexibility index (Phi) is 4.82. The molecule has 0 aromatic carbocycles. The Labute approximate surface area is 107 Å². The van der Waals surface area contributed by atoms with Gasteiger partial charge in [-0.15, -0.1) is 0 Å². The number of nitrogens with zero attached hydrogens (tertiary/aromatic N) is 2. The first-order valence-corrected chi connectivity index (χ1v) is 5.47. The first kappa shape index (κ1) is 15.4. The summed E-state index contributed by atoms with van der Waals surface area (Å²) in [5.41, 5.74) is 1.21. The van der Waals surface area contributed by atoms with E-state index >= 15 is 0 Å². The maximum atomic E-state index is 13.4. The molecule has 0 aliphatic carbocycles. The van der Waals surface area contributed by atoms with Crippen molar-refractivity contribution in [3.63, 3.8) is 0 Å². The second-order valence-electron chi connectivity index (χ2n) is 3.79. The largest absolute Gasteiger partial charge is 0.417 e. The van der Waals surface area contributed by atoms with E-state index in [9.17, 15) is 22.4 Å². The van der Waals surface area contributed by atoms with Gasteiger partial charge in [0.15, 0.2) is 0 Å². The highest BCUT2D eigenvalue weighted by Crippen LogP contribution is 2.29. The molecule has 1 rings (SSSR count). The Morgan fingerprint density at radius 3 is 2.58 bits per heavy atom. The van der Waals surface area contributed by atoms with Crippen LogP contribution in [0.3, 0.4) is 0 Å². The number of alkyl halides is 3. The van der Waals surface area contributed by atoms with Crippen LogP contribution in [0.1, 0.15) is 24.6 Å². The summed E-state index contributed by atoms with van der Waals surface area (Å²) in [5.74, 6) is -1.30. The first-order chi connectivity index (χ1) is 8.75. The SMILES string of the molecule is CCC(=O)N(C)NCc1ncc(C(F)(F)F)cc1F. The number of carbonyl (C=O) groups excluding carboxylic acids is 1. The molecule has 0 saturated heterocycles. The third-order valence-electron chi connectivity index (χ3n) is 2.40. The van der Waals surface area contributed by atoms with Crippen molar-refractivity contribution in [2.24, 2.45) is 0 Å². The van der Waals surface area contributed by atoms with Crippen LogP contribution in [0.2, 0.25) is 0 Å². The fourth-order valence-electron chi connectivity index (χ4n) is 1.27. The van der Waals surface area contributed by atoms with Gasteiger partial charge in [-0.05, 0) is 6.07 Å². The van der Waals surface area contributed by atoms with E-state index in [4.69, 9.17) is 0 Å². The van der Waals surface area contributed by atoms with Crippen LogP contribution in [0.15, 0.2) is 12.3 Å². The molecule has 0 fully saturated rings. The molecular weight excluding hydrogens is 266 g/mol. The van der Waals surface area contributed by atoms with Crippen LogP contribution in [0.4, 0.5) is 17.6 Å². The number of halogens is 4. The van der Waals surface area contributed by atoms with Crippen molar-refractivity contribution < 1.29 is 22.4 Å². The normalized spacial score (nSPS) is 11.5. The predicted octanol–water partition coefficient (Wildman–Crippen LogP) is 2.11. The molecule has 0 radical (unpaired) electrons. The molecule has 4 nitrogen and oxygen atoms in total. The van der Waals surface area contributed by atoms with Crippen LogP contribution < -0.4 is 5.43 Å². The van der Waals surface area contributed by atoms with Crippen LogP contribution in [0.5, 0.6) is 0 Å². The number of amides is 1. The molecule has 8 heteroatoms. The van der Waals surface area contributed by atoms with Crippen LogP contribution >= 0.6 is 0 Å². The van der Waals surface area contributed by atoms with Gasteiger partial charge in [0.2, 0.25) is 5.91 Å². The van der Waals surface area contributed by atoms with Crippen LogP contribution in [-0.2, 0) is 17.5 Å². The van der Waals surface area contributed by atoms with E-state index < -0.39 is 17.6 Å². The lowest BCUT2D eigenvalue weighted by atomic mass is 10.2. The highest BCUT2D eigenvalue weighted by molar-refractivity contribution is 5.74. The van der Waals surface area contributed by atoms with E-state index in [1.54, 1.807) is 6.92 Å². The molecular formula is C11H13F4N3O. The summed E-state index contributed by atoms with van der Waals surface area (Å²) in [6.45, 7) is 1.48. The molecule has 1 aromatic heterocycles. The van der Waals surface area contributed by atoms with E-state index in [2.05, 4.69) is 10.4 Å². The zero-order valence-corrected chi connectivity index (χ0v) is 10.4. The number of aromatic nitrogens is 1. The summed E-state index contributed by atoms with van der Waals surface area (Å²) in [6, 6.07) is 0.381. The zero-order chi connectivity index (χ0) is 14.6. The fourth-order valence-corrected chi connectivity index (χ4v) is 1.27. The lowest BCUT2D eigenvalue weighted by Crippen LogP contribution is -2.39. The third-order valence-corrected chi connectivity index (χ3v) is 2.40. The molecule has 0 spiro atoms. The molecule has 1 aromatic rings. The van der Waals surface area contributed by atoms with Crippen LogP contribution in [-0.4, -0.2) is 22.9 Å². The average molecular weight is 279 g/mol. The smallest absolute Gasteiger partial charge is 0.281 e. The maximum Gasteiger partial charge on any atom is 0.417 e. The molecule has 0 atom stereocenters. The summed E-state index contributed by atoms with van der Waals surface area (Å²) in [5, 5.41) is 1.14. The Balaban J connectivity index is 2.73. The minimum Gasteiger partial charge on any atom is -0.281 e. The predicted molar refractivity (Wildman–Crippen MR) is 59.1 cm³/mol. The Hall–Kier alpha value is -1.70. The molecule has 106 valence electrons. The molecule has 19 heavy (non-hydrogen) atoms. The summed E-state index contributed by atoms with van der Waals surface area (Å²) in [6.07, 6.45) is -3.82. The second-order valence-corrected chi connectivity index (χ2v) is 3.79. The summed E-state index contributed by atoms with van der Waals surface area (Å²) in [7, 11) is 1.44. The molecule has 0 unspecified atom stereocenters. The van der Waals surface area contributed by atoms with Gasteiger partial charge in [0.1, 0.15) is 5.82 Å². The Morgan fingerprint density at radius 2 is 2.11 bits per heavy atom. The molecule has 1 heterocycles. The van der Waals surface area contributed by atoms with Gasteiger partial charge in [-0.1, -0.05) is 6.92 Å². The highest BCUT2D eigenvalue weighted by atomic mass is 19.4. The van der Waals surface area contributed by atoms with Crippen molar-refractivity contribution in [2.75, 3.05) is 7.05 Å². The Bertz CT molecular complexity index is 462. The zero-order valence-electron chi connectivity index (χ0n) is 10.4. The van der Waals surface area contributed by atoms with Gasteiger partial charge in [0, 0.05) is 19.7 Å². The van der Waals surface area contributed by atoms with Gasteiger partial charge in [-0.3, -0.25) is 14.8 Å². The van der Waals surface area contributed by atoms with Crippen molar-refractivity contribution in [1.29, 1.82) is 0 Å². The van der Waals surface area contributed by atoms with Gasteiger partial charge in [0.25, 0.3) is 0 Å². The van der Waals surface area contributed by atoms with Gasteiger partial charge in [-0.25, -0.2) is 9.82 Å². The Morgan fingerprint density at radius 1 is 1.47 bits per heavy atom. The summed E-state index contributed by atoms with van der Waals surface area (Å²) in [4.78, 5) is 14.6. The molecule has 0 bridgehead atoms. The van der Waals surface area contributed by atoms with E-state index in [-0.39, 0.29) is 24.6 Å². The van der Waals surface area contributed by atoms with Crippen molar-refractivity contribution >= 4 is 5.91 Å². The molecule has 0 aliphatic heterocycles. The van der Waals surface area contributed by atoms with Crippen LogP contribution in [0, 0.1) is 5.82 Å². The number of hydrazine groups is 1. The number of hydrogen-bond acceptors (Lipinski definition) is 3. The third kappa shape index (κ3) is 4.16. The fraction of sp³-hybridized carbons (Fsp3) is 0.455. The van der Waals surface area contributed by atoms with Crippen molar-refractivity contribution in [3.8, 4) is 0 Å². The number of carbonyl (C=O) groups is 1. The number of nitrogens with one attached hydrogen (secondary N) is 1. The quantitative estimate of drug-likeness (QED) is 0.678. The number of hydrogen-bond donors (Lipinski definition) is 1. The summed E-state index contributed by atoms with van der Waals surface area (Å²) < 4.78 is 50.3. The first-order valence-electron chi connectivity index (χ1n) is 5.47. The van der Waals surface area contributed by atoms with E-state index in [0.717, 1.165) is 5.01 Å². The maximum absolute atomic E-state index is 13.4. The van der Waals surface area contributed by atoms with Gasteiger partial charge in [0.05, 0.1) is 17.8 Å². The van der Waals surface area contributed by atoms with Gasteiger partial charge < -0.3 is 0 Å². The minimum atomic E-state index is -4.63. The lowest BCUT2D eigenvalue weighted by molar-refractivity contribution is -0.138. The van der Waals surface area contributed by atoms with E-state index in [1.807, 2.05) is 0 Å². The van der Waals surface area contributed by atoms with Gasteiger partial charge >= 0.3 is 6.18 Å². The van der Waals surface area contributed by atoms with Crippen LogP contribution in [0.25, 0.3) is 0 Å². The topological polar surface area (TPSA) is 45.2 Å². The minimum absolute atomic E-state index is 0.174. The average Bonchev–Trinajstić information content (AvgIpc) is 2.34. The highest BCUT2D eigenvalue weighted by Gasteiger charge is 2.31. The standard InChI is InChI=1S/C11H13F4N3O/c1-3-10(19)18(2)17-6-9-8(12)4-7(5-16-9)11(13,14)15/h4-5,17H,3,6H2,1-2H3. The van der Waals surface area contributed by atoms with Crippen molar-refractivity contribution in [1.82, 2.24) is 15.4 Å². The van der Waals surface area contributed by atoms with Crippen molar-refractivity contribution in [3.05, 3.63) is 29.3 Å². The molecule has 1 N–H and O–H groups in total. The lowest BCUT2D eigenvalue weighted by Gasteiger charge is -2.17. The van der Waals surface area contributed by atoms with Gasteiger partial charge in [-0.2, -0.15) is 13.2 Å². The van der Waals surface area contributed by atoms with E-state index in [0.29, 0.717) is 12.3 Å². The molecule has 0 aliphatic rings. The molecule has 1 amide bonds. The summed E-state index contributed by atoms with van der Waals surface area (Å²) >= 11 is 0. The molecule has 0 saturated carbocycles. The van der Waals surface area contributed by atoms with E-state index in [1.165, 1.54) is 7.05 Å². The second kappa shape index (κ2) is 5.96. The monoisotopic (exact) mass is 279 g/mol. The number of rotatable bonds is 4.